The van der Waals surface area contributed by atoms with Gasteiger partial charge in [0.2, 0.25) is 5.76 Å². The number of aliphatic hydroxyl groups is 1. The van der Waals surface area contributed by atoms with E-state index in [0.717, 1.165) is 31.3 Å². The molecule has 0 unspecified atom stereocenters. The molecular weight excluding hydrogens is 276 g/mol. The van der Waals surface area contributed by atoms with E-state index in [4.69, 9.17) is 0 Å². The van der Waals surface area contributed by atoms with Gasteiger partial charge in [-0.3, -0.25) is 14.9 Å². The second-order valence-electron chi connectivity index (χ2n) is 3.76. The van der Waals surface area contributed by atoms with E-state index in [0.29, 0.717) is 4.31 Å². The Labute approximate surface area is 107 Å². The largest absolute Gasteiger partial charge is 0.502 e. The van der Waals surface area contributed by atoms with Crippen LogP contribution in [0.1, 0.15) is 5.56 Å². The van der Waals surface area contributed by atoms with E-state index in [9.17, 15) is 28.4 Å². The molecule has 1 N–H and O–H groups in total. The number of hydrogen-bond donors (Lipinski definition) is 1. The molecule has 0 saturated carbocycles. The Bertz CT molecular complexity index is 704. The molecule has 1 heterocycles. The number of non-ortho nitro benzene ring substituents is 1. The van der Waals surface area contributed by atoms with Crippen molar-refractivity contribution in [2.75, 3.05) is 7.05 Å². The highest BCUT2D eigenvalue weighted by molar-refractivity contribution is 7.99. The van der Waals surface area contributed by atoms with E-state index in [1.165, 1.54) is 0 Å². The number of benzene rings is 1. The minimum Gasteiger partial charge on any atom is -0.502 e. The van der Waals surface area contributed by atoms with Crippen molar-refractivity contribution < 1.29 is 23.2 Å². The lowest BCUT2D eigenvalue weighted by atomic mass is 10.2. The lowest BCUT2D eigenvalue weighted by Gasteiger charge is -2.08. The van der Waals surface area contributed by atoms with Crippen molar-refractivity contribution in [2.24, 2.45) is 0 Å². The van der Waals surface area contributed by atoms with Gasteiger partial charge in [-0.25, -0.2) is 12.7 Å². The van der Waals surface area contributed by atoms with Crippen LogP contribution >= 0.6 is 0 Å². The van der Waals surface area contributed by atoms with Crippen LogP contribution in [0, 0.1) is 10.1 Å². The maximum Gasteiger partial charge on any atom is 0.303 e. The van der Waals surface area contributed by atoms with Crippen molar-refractivity contribution in [1.82, 2.24) is 4.31 Å². The number of carbonyl (C=O) groups excluding carboxylic acids is 1. The molecule has 1 aromatic rings. The van der Waals surface area contributed by atoms with E-state index in [-0.39, 0.29) is 11.3 Å². The first-order chi connectivity index (χ1) is 8.76. The number of hydrogen-bond acceptors (Lipinski definition) is 6. The van der Waals surface area contributed by atoms with Crippen molar-refractivity contribution in [2.45, 2.75) is 0 Å². The Morgan fingerprint density at radius 2 is 1.79 bits per heavy atom. The number of aliphatic hydroxyl groups excluding tert-OH is 1. The summed E-state index contributed by atoms with van der Waals surface area (Å²) in [5, 5.41) is 20.1. The van der Waals surface area contributed by atoms with Gasteiger partial charge in [-0.15, -0.1) is 0 Å². The van der Waals surface area contributed by atoms with Gasteiger partial charge in [0.05, 0.1) is 4.92 Å². The Morgan fingerprint density at radius 3 is 2.16 bits per heavy atom. The van der Waals surface area contributed by atoms with Crippen LogP contribution in [0.15, 0.2) is 30.0 Å². The third kappa shape index (κ3) is 1.83. The second kappa shape index (κ2) is 4.05. The molecule has 1 aliphatic heterocycles. The van der Waals surface area contributed by atoms with Crippen molar-refractivity contribution in [3.8, 4) is 0 Å². The number of likely N-dealkylation sites (N-methyl/N-ethyl adjacent to an activating group) is 1. The molecule has 0 radical (unpaired) electrons. The Kier molecular flexibility index (Phi) is 2.78. The number of rotatable bonds is 2. The molecule has 19 heavy (non-hydrogen) atoms. The normalized spacial score (nSPS) is 17.9. The number of sulfonamides is 1. The van der Waals surface area contributed by atoms with Gasteiger partial charge in [-0.05, 0) is 17.7 Å². The molecule has 1 amide bonds. The van der Waals surface area contributed by atoms with Crippen LogP contribution in [0.2, 0.25) is 0 Å². The monoisotopic (exact) mass is 284 g/mol. The van der Waals surface area contributed by atoms with Crippen molar-refractivity contribution >= 4 is 26.5 Å². The first kappa shape index (κ1) is 13.0. The number of amides is 1. The van der Waals surface area contributed by atoms with Crippen molar-refractivity contribution in [3.05, 3.63) is 45.7 Å². The molecule has 100 valence electrons. The lowest BCUT2D eigenvalue weighted by Crippen LogP contribution is -2.26. The van der Waals surface area contributed by atoms with Crippen LogP contribution in [0.25, 0.3) is 4.91 Å². The molecule has 1 aliphatic rings. The maximum atomic E-state index is 11.9. The van der Waals surface area contributed by atoms with Crippen LogP contribution in [0.3, 0.4) is 0 Å². The lowest BCUT2D eigenvalue weighted by molar-refractivity contribution is -0.384. The van der Waals surface area contributed by atoms with Gasteiger partial charge in [0.25, 0.3) is 15.7 Å². The van der Waals surface area contributed by atoms with Crippen LogP contribution in [-0.2, 0) is 14.8 Å². The zero-order valence-corrected chi connectivity index (χ0v) is 10.4. The third-order valence-electron chi connectivity index (χ3n) is 2.66. The topological polar surface area (TPSA) is 118 Å². The molecule has 0 saturated heterocycles. The smallest absolute Gasteiger partial charge is 0.303 e. The molecule has 2 rings (SSSR count). The summed E-state index contributed by atoms with van der Waals surface area (Å²) in [5.74, 6) is -1.93. The summed E-state index contributed by atoms with van der Waals surface area (Å²) in [6.45, 7) is 0. The maximum absolute atomic E-state index is 11.9. The predicted molar refractivity (Wildman–Crippen MR) is 64.3 cm³/mol. The molecule has 0 aromatic heterocycles. The van der Waals surface area contributed by atoms with Crippen LogP contribution in [0.4, 0.5) is 5.69 Å². The van der Waals surface area contributed by atoms with E-state index in [2.05, 4.69) is 0 Å². The molecule has 8 nitrogen and oxygen atoms in total. The fourth-order valence-electron chi connectivity index (χ4n) is 1.63. The molecular formula is C10H8N2O6S. The van der Waals surface area contributed by atoms with Gasteiger partial charge in [-0.1, -0.05) is 0 Å². The van der Waals surface area contributed by atoms with Crippen LogP contribution < -0.4 is 0 Å². The van der Waals surface area contributed by atoms with E-state index >= 15 is 0 Å². The minimum atomic E-state index is -4.11. The fourth-order valence-corrected chi connectivity index (χ4v) is 2.98. The summed E-state index contributed by atoms with van der Waals surface area (Å²) in [7, 11) is -3.09. The summed E-state index contributed by atoms with van der Waals surface area (Å²) >= 11 is 0. The van der Waals surface area contributed by atoms with Gasteiger partial charge in [-0.2, -0.15) is 0 Å². The number of nitro benzene ring substituents is 1. The second-order valence-corrected chi connectivity index (χ2v) is 5.67. The number of nitrogens with zero attached hydrogens (tertiary/aromatic N) is 2. The van der Waals surface area contributed by atoms with E-state index in [1.54, 1.807) is 0 Å². The Balaban J connectivity index is 2.58. The van der Waals surface area contributed by atoms with Crippen molar-refractivity contribution in [1.29, 1.82) is 0 Å². The quantitative estimate of drug-likeness (QED) is 0.628. The average Bonchev–Trinajstić information content (AvgIpc) is 2.50. The number of carbonyl (C=O) groups is 1. The zero-order chi connectivity index (χ0) is 14.4. The first-order valence-corrected chi connectivity index (χ1v) is 6.42. The van der Waals surface area contributed by atoms with Crippen LogP contribution in [-0.4, -0.2) is 35.7 Å². The summed E-state index contributed by atoms with van der Waals surface area (Å²) in [6.07, 6.45) is 0. The van der Waals surface area contributed by atoms with Gasteiger partial charge in [0.15, 0.2) is 0 Å². The zero-order valence-electron chi connectivity index (χ0n) is 9.60. The molecule has 9 heteroatoms. The van der Waals surface area contributed by atoms with Crippen molar-refractivity contribution in [3.63, 3.8) is 0 Å². The van der Waals surface area contributed by atoms with E-state index in [1.807, 2.05) is 0 Å². The van der Waals surface area contributed by atoms with Gasteiger partial charge in [0.1, 0.15) is 4.91 Å². The highest BCUT2D eigenvalue weighted by Crippen LogP contribution is 2.33. The average molecular weight is 284 g/mol. The molecule has 0 bridgehead atoms. The summed E-state index contributed by atoms with van der Waals surface area (Å²) in [6, 6.07) is 4.50. The molecule has 0 atom stereocenters. The molecule has 0 spiro atoms. The van der Waals surface area contributed by atoms with E-state index < -0.39 is 31.5 Å². The molecule has 0 fully saturated rings. The summed E-state index contributed by atoms with van der Waals surface area (Å²) < 4.78 is 24.2. The third-order valence-corrected chi connectivity index (χ3v) is 4.49. The SMILES string of the molecule is CN1C(=O)C(O)=C(c2ccc([N+](=O)[O-])cc2)S1(=O)=O. The van der Waals surface area contributed by atoms with Gasteiger partial charge in [0, 0.05) is 19.2 Å². The highest BCUT2D eigenvalue weighted by Gasteiger charge is 2.42. The Hall–Kier alpha value is -2.42. The Morgan fingerprint density at radius 1 is 1.26 bits per heavy atom. The highest BCUT2D eigenvalue weighted by atomic mass is 32.2. The summed E-state index contributed by atoms with van der Waals surface area (Å²) in [5.41, 5.74) is -0.209. The molecule has 1 aromatic carbocycles. The molecule has 0 aliphatic carbocycles. The van der Waals surface area contributed by atoms with Crippen LogP contribution in [0.5, 0.6) is 0 Å². The predicted octanol–water partition coefficient (Wildman–Crippen LogP) is 0.623. The van der Waals surface area contributed by atoms with Gasteiger partial charge >= 0.3 is 5.91 Å². The van der Waals surface area contributed by atoms with Gasteiger partial charge < -0.3 is 5.11 Å². The number of nitro groups is 1. The minimum absolute atomic E-state index is 0.0146. The first-order valence-electron chi connectivity index (χ1n) is 4.98. The summed E-state index contributed by atoms with van der Waals surface area (Å²) in [4.78, 5) is 20.7. The standard InChI is InChI=1S/C10H8N2O6S/c1-11-10(14)8(13)9(19(11,17)18)6-2-4-7(5-3-6)12(15)16/h2-5,13H,1H3. The fraction of sp³-hybridized carbons (Fsp3) is 0.100.